The van der Waals surface area contributed by atoms with Gasteiger partial charge in [-0.2, -0.15) is 4.58 Å². The smallest absolute Gasteiger partial charge is 0.209 e. The van der Waals surface area contributed by atoms with Crippen molar-refractivity contribution in [2.24, 2.45) is 0 Å². The minimum atomic E-state index is -0.375. The molecule has 3 nitrogen and oxygen atoms in total. The van der Waals surface area contributed by atoms with E-state index in [0.29, 0.717) is 17.9 Å². The molecular weight excluding hydrogens is 562 g/mol. The van der Waals surface area contributed by atoms with Gasteiger partial charge >= 0.3 is 0 Å². The van der Waals surface area contributed by atoms with Gasteiger partial charge in [0.05, 0.1) is 11.5 Å². The number of ether oxygens (including phenoxy) is 1. The lowest BCUT2D eigenvalue weighted by molar-refractivity contribution is -0.433. The number of fused-ring (bicyclic) bond motifs is 2. The van der Waals surface area contributed by atoms with E-state index in [1.165, 1.54) is 12.1 Å². The van der Waals surface area contributed by atoms with Gasteiger partial charge in [-0.15, -0.1) is 6.42 Å². The van der Waals surface area contributed by atoms with Gasteiger partial charge in [0.15, 0.2) is 5.71 Å². The minimum absolute atomic E-state index is 0.122. The largest absolute Gasteiger partial charge is 0.365 e. The Labute approximate surface area is 259 Å². The maximum atomic E-state index is 14.2. The van der Waals surface area contributed by atoms with Gasteiger partial charge in [-0.05, 0) is 80.8 Å². The maximum Gasteiger partial charge on any atom is 0.209 e. The topological polar surface area (TPSA) is 15.5 Å². The van der Waals surface area contributed by atoms with Crippen molar-refractivity contribution < 1.29 is 18.1 Å². The monoisotopic (exact) mass is 601 g/mol. The zero-order valence-corrected chi connectivity index (χ0v) is 26.7. The number of terminal acetylenes is 1. The van der Waals surface area contributed by atoms with Gasteiger partial charge in [-0.25, -0.2) is 8.78 Å². The van der Waals surface area contributed by atoms with Gasteiger partial charge in [0, 0.05) is 58.9 Å². The molecule has 0 fully saturated rings. The van der Waals surface area contributed by atoms with Crippen molar-refractivity contribution in [1.82, 2.24) is 0 Å². The van der Waals surface area contributed by atoms with Crippen LogP contribution in [0.1, 0.15) is 65.5 Å². The molecule has 0 saturated heterocycles. The standard InChI is InChI=1S/C37H40ClF2N2O/c1-8-19-43-28-20-24(11-17-33-36(4,5)29-22-26(39)13-15-31(29)41(33)9-2)35(38)25(21-28)12-18-34-37(6,7)30-23-27(40)14-16-32(30)42(34)10-3/h1,11-18,22-23,28H,9-10,19-21H2,2-7H3/q+1. The third-order valence-electron chi connectivity index (χ3n) is 9.09. The SMILES string of the molecule is C#CCOC1CC(/C=C/C2=[N+](CC)c3ccc(F)cc3C2(C)C)=C(Cl)C(=C/C=C2/N(CC)c3ccc(F)cc3C2(C)C)/C1. The number of anilines is 1. The molecule has 2 heterocycles. The molecule has 0 amide bonds. The van der Waals surface area contributed by atoms with Crippen molar-refractivity contribution in [2.45, 2.75) is 71.3 Å². The van der Waals surface area contributed by atoms with Gasteiger partial charge in [-0.3, -0.25) is 0 Å². The van der Waals surface area contributed by atoms with Crippen LogP contribution in [0, 0.1) is 24.0 Å². The zero-order chi connectivity index (χ0) is 31.1. The molecule has 0 spiro atoms. The predicted molar refractivity (Wildman–Crippen MR) is 173 cm³/mol. The molecule has 1 aliphatic carbocycles. The van der Waals surface area contributed by atoms with Gasteiger partial charge in [-0.1, -0.05) is 43.5 Å². The molecule has 1 unspecified atom stereocenters. The highest BCUT2D eigenvalue weighted by molar-refractivity contribution is 6.32. The van der Waals surface area contributed by atoms with Crippen molar-refractivity contribution in [3.05, 3.63) is 105 Å². The first kappa shape index (κ1) is 31.0. The van der Waals surface area contributed by atoms with Crippen molar-refractivity contribution in [3.8, 4) is 12.3 Å². The highest BCUT2D eigenvalue weighted by Gasteiger charge is 2.44. The van der Waals surface area contributed by atoms with E-state index >= 15 is 0 Å². The number of benzene rings is 2. The number of halogens is 3. The van der Waals surface area contributed by atoms with Crippen molar-refractivity contribution in [2.75, 3.05) is 24.6 Å². The van der Waals surface area contributed by atoms with E-state index in [2.05, 4.69) is 81.2 Å². The summed E-state index contributed by atoms with van der Waals surface area (Å²) >= 11 is 7.12. The summed E-state index contributed by atoms with van der Waals surface area (Å²) in [7, 11) is 0. The van der Waals surface area contributed by atoms with E-state index in [9.17, 15) is 8.78 Å². The van der Waals surface area contributed by atoms with E-state index in [4.69, 9.17) is 22.8 Å². The van der Waals surface area contributed by atoms with Crippen LogP contribution in [0.4, 0.5) is 20.2 Å². The van der Waals surface area contributed by atoms with Crippen LogP contribution in [0.5, 0.6) is 0 Å². The average molecular weight is 602 g/mol. The minimum Gasteiger partial charge on any atom is -0.365 e. The van der Waals surface area contributed by atoms with Crippen LogP contribution in [0.15, 0.2) is 82.6 Å². The quantitative estimate of drug-likeness (QED) is 0.233. The lowest BCUT2D eigenvalue weighted by atomic mass is 9.81. The van der Waals surface area contributed by atoms with E-state index in [0.717, 1.165) is 58.1 Å². The van der Waals surface area contributed by atoms with E-state index in [-0.39, 0.29) is 35.2 Å². The summed E-state index contributed by atoms with van der Waals surface area (Å²) in [6.07, 6.45) is 15.0. The molecule has 6 heteroatoms. The van der Waals surface area contributed by atoms with Gasteiger partial charge in [0.2, 0.25) is 5.69 Å². The number of rotatable bonds is 7. The first-order chi connectivity index (χ1) is 20.4. The average Bonchev–Trinajstić information content (AvgIpc) is 3.32. The van der Waals surface area contributed by atoms with Crippen LogP contribution in [-0.2, 0) is 15.6 Å². The maximum absolute atomic E-state index is 14.2. The summed E-state index contributed by atoms with van der Waals surface area (Å²) in [5, 5.41) is 0.694. The first-order valence-corrected chi connectivity index (χ1v) is 15.4. The number of hydrogen-bond donors (Lipinski definition) is 0. The number of hydrogen-bond acceptors (Lipinski definition) is 2. The van der Waals surface area contributed by atoms with E-state index < -0.39 is 0 Å². The molecule has 1 atom stereocenters. The molecule has 2 aliphatic heterocycles. The van der Waals surface area contributed by atoms with Crippen LogP contribution < -0.4 is 4.90 Å². The first-order valence-electron chi connectivity index (χ1n) is 15.0. The van der Waals surface area contributed by atoms with E-state index in [1.54, 1.807) is 12.1 Å². The molecular formula is C37H40ClF2N2O+. The zero-order valence-electron chi connectivity index (χ0n) is 25.9. The third-order valence-corrected chi connectivity index (χ3v) is 9.57. The number of nitrogens with zero attached hydrogens (tertiary/aromatic N) is 2. The molecule has 3 aliphatic rings. The molecule has 0 N–H and O–H groups in total. The van der Waals surface area contributed by atoms with Crippen LogP contribution in [0.25, 0.3) is 0 Å². The predicted octanol–water partition coefficient (Wildman–Crippen LogP) is 8.85. The Bertz CT molecular complexity index is 1650. The van der Waals surface area contributed by atoms with Crippen LogP contribution in [0.3, 0.4) is 0 Å². The second-order valence-corrected chi connectivity index (χ2v) is 12.8. The number of allylic oxidation sites excluding steroid dienone is 6. The summed E-state index contributed by atoms with van der Waals surface area (Å²) in [6, 6.07) is 10.0. The summed E-state index contributed by atoms with van der Waals surface area (Å²) in [6.45, 7) is 14.4. The Morgan fingerprint density at radius 1 is 1.00 bits per heavy atom. The normalized spacial score (nSPS) is 22.6. The summed E-state index contributed by atoms with van der Waals surface area (Å²) in [4.78, 5) is 2.23. The van der Waals surface area contributed by atoms with Gasteiger partial charge in [0.1, 0.15) is 24.8 Å². The van der Waals surface area contributed by atoms with E-state index in [1.807, 2.05) is 12.1 Å². The Hall–Kier alpha value is -3.46. The van der Waals surface area contributed by atoms with Crippen LogP contribution in [-0.4, -0.2) is 36.1 Å². The van der Waals surface area contributed by atoms with Gasteiger partial charge < -0.3 is 9.64 Å². The second-order valence-electron chi connectivity index (χ2n) is 12.4. The fourth-order valence-electron chi connectivity index (χ4n) is 6.85. The van der Waals surface area contributed by atoms with Crippen LogP contribution in [0.2, 0.25) is 0 Å². The fourth-order valence-corrected chi connectivity index (χ4v) is 7.13. The Morgan fingerprint density at radius 2 is 1.70 bits per heavy atom. The number of likely N-dealkylation sites (N-methyl/N-ethyl adjacent to an activating group) is 1. The molecule has 0 aromatic heterocycles. The molecule has 2 aromatic carbocycles. The summed E-state index contributed by atoms with van der Waals surface area (Å²) < 4.78 is 36.7. The summed E-state index contributed by atoms with van der Waals surface area (Å²) in [5.41, 5.74) is 7.35. The molecule has 43 heavy (non-hydrogen) atoms. The highest BCUT2D eigenvalue weighted by atomic mass is 35.5. The Morgan fingerprint density at radius 3 is 2.37 bits per heavy atom. The highest BCUT2D eigenvalue weighted by Crippen LogP contribution is 2.48. The van der Waals surface area contributed by atoms with Crippen LogP contribution >= 0.6 is 11.6 Å². The van der Waals surface area contributed by atoms with Crippen molar-refractivity contribution in [1.29, 1.82) is 0 Å². The fraction of sp³-hybridized carbons (Fsp3) is 0.378. The second kappa shape index (κ2) is 11.9. The molecule has 0 saturated carbocycles. The van der Waals surface area contributed by atoms with Gasteiger partial charge in [0.25, 0.3) is 0 Å². The Kier molecular flexibility index (Phi) is 8.58. The molecule has 224 valence electrons. The lowest BCUT2D eigenvalue weighted by Crippen LogP contribution is -2.28. The van der Waals surface area contributed by atoms with Crippen molar-refractivity contribution in [3.63, 3.8) is 0 Å². The molecule has 5 rings (SSSR count). The lowest BCUT2D eigenvalue weighted by Gasteiger charge is -2.27. The molecule has 2 aromatic rings. The summed E-state index contributed by atoms with van der Waals surface area (Å²) in [5.74, 6) is 2.12. The molecule has 0 radical (unpaired) electrons. The molecule has 0 bridgehead atoms. The Balaban J connectivity index is 1.55. The van der Waals surface area contributed by atoms with Crippen molar-refractivity contribution >= 4 is 28.7 Å². The third kappa shape index (κ3) is 5.52.